The second-order valence-electron chi connectivity index (χ2n) is 5.91. The fourth-order valence-electron chi connectivity index (χ4n) is 3.15. The zero-order valence-electron chi connectivity index (χ0n) is 11.8. The second kappa shape index (κ2) is 5.41. The SMILES string of the molecule is CC(NCC1CCCC1C)c1ccc2c(c1)OCO2. The van der Waals surface area contributed by atoms with Gasteiger partial charge in [0.2, 0.25) is 6.79 Å². The molecule has 1 aliphatic carbocycles. The lowest BCUT2D eigenvalue weighted by atomic mass is 9.97. The number of benzene rings is 1. The van der Waals surface area contributed by atoms with E-state index in [0.717, 1.165) is 29.9 Å². The van der Waals surface area contributed by atoms with Gasteiger partial charge in [0.15, 0.2) is 11.5 Å². The van der Waals surface area contributed by atoms with E-state index in [1.165, 1.54) is 24.8 Å². The molecule has 3 unspecified atom stereocenters. The van der Waals surface area contributed by atoms with Crippen molar-refractivity contribution in [2.75, 3.05) is 13.3 Å². The number of fused-ring (bicyclic) bond motifs is 1. The van der Waals surface area contributed by atoms with Gasteiger partial charge in [-0.15, -0.1) is 0 Å². The fraction of sp³-hybridized carbons (Fsp3) is 0.625. The molecule has 104 valence electrons. The lowest BCUT2D eigenvalue weighted by Crippen LogP contribution is -2.26. The van der Waals surface area contributed by atoms with E-state index in [0.29, 0.717) is 12.8 Å². The number of hydrogen-bond acceptors (Lipinski definition) is 3. The second-order valence-corrected chi connectivity index (χ2v) is 5.91. The van der Waals surface area contributed by atoms with Crippen LogP contribution in [-0.4, -0.2) is 13.3 Å². The molecule has 2 aliphatic rings. The van der Waals surface area contributed by atoms with Crippen LogP contribution in [0.1, 0.15) is 44.7 Å². The van der Waals surface area contributed by atoms with Crippen LogP contribution >= 0.6 is 0 Å². The molecule has 19 heavy (non-hydrogen) atoms. The highest BCUT2D eigenvalue weighted by atomic mass is 16.7. The Morgan fingerprint density at radius 3 is 2.89 bits per heavy atom. The topological polar surface area (TPSA) is 30.5 Å². The van der Waals surface area contributed by atoms with Gasteiger partial charge in [-0.1, -0.05) is 25.8 Å². The van der Waals surface area contributed by atoms with Crippen molar-refractivity contribution in [3.63, 3.8) is 0 Å². The predicted octanol–water partition coefficient (Wildman–Crippen LogP) is 3.50. The van der Waals surface area contributed by atoms with Crippen LogP contribution in [0.5, 0.6) is 11.5 Å². The van der Waals surface area contributed by atoms with Gasteiger partial charge < -0.3 is 14.8 Å². The van der Waals surface area contributed by atoms with Crippen LogP contribution in [0.3, 0.4) is 0 Å². The normalized spacial score (nSPS) is 26.6. The molecule has 0 amide bonds. The minimum Gasteiger partial charge on any atom is -0.454 e. The first-order valence-electron chi connectivity index (χ1n) is 7.37. The largest absolute Gasteiger partial charge is 0.454 e. The Hall–Kier alpha value is -1.22. The van der Waals surface area contributed by atoms with E-state index in [-0.39, 0.29) is 0 Å². The molecular formula is C16H23NO2. The van der Waals surface area contributed by atoms with Gasteiger partial charge in [0.1, 0.15) is 0 Å². The predicted molar refractivity (Wildman–Crippen MR) is 75.5 cm³/mol. The van der Waals surface area contributed by atoms with Crippen molar-refractivity contribution in [3.8, 4) is 11.5 Å². The number of rotatable bonds is 4. The molecule has 3 nitrogen and oxygen atoms in total. The first kappa shape index (κ1) is 12.8. The summed E-state index contributed by atoms with van der Waals surface area (Å²) < 4.78 is 10.8. The first-order chi connectivity index (χ1) is 9.24. The zero-order valence-corrected chi connectivity index (χ0v) is 11.8. The molecule has 0 radical (unpaired) electrons. The van der Waals surface area contributed by atoms with E-state index in [9.17, 15) is 0 Å². The molecule has 0 bridgehead atoms. The molecule has 1 aromatic carbocycles. The lowest BCUT2D eigenvalue weighted by Gasteiger charge is -2.20. The average molecular weight is 261 g/mol. The van der Waals surface area contributed by atoms with Crippen molar-refractivity contribution in [2.24, 2.45) is 11.8 Å². The Morgan fingerprint density at radius 1 is 1.26 bits per heavy atom. The Bertz CT molecular complexity index is 446. The standard InChI is InChI=1S/C16H23NO2/c1-11-4-3-5-14(11)9-17-12(2)13-6-7-15-16(8-13)19-10-18-15/h6-8,11-12,14,17H,3-5,9-10H2,1-2H3. The van der Waals surface area contributed by atoms with Crippen LogP contribution in [0.15, 0.2) is 18.2 Å². The van der Waals surface area contributed by atoms with Crippen molar-refractivity contribution in [1.82, 2.24) is 5.32 Å². The highest BCUT2D eigenvalue weighted by molar-refractivity contribution is 5.45. The lowest BCUT2D eigenvalue weighted by molar-refractivity contribution is 0.174. The van der Waals surface area contributed by atoms with Crippen molar-refractivity contribution < 1.29 is 9.47 Å². The zero-order chi connectivity index (χ0) is 13.2. The highest BCUT2D eigenvalue weighted by Crippen LogP contribution is 2.35. The van der Waals surface area contributed by atoms with E-state index in [4.69, 9.17) is 9.47 Å². The minimum absolute atomic E-state index is 0.347. The summed E-state index contributed by atoms with van der Waals surface area (Å²) >= 11 is 0. The van der Waals surface area contributed by atoms with Crippen molar-refractivity contribution in [1.29, 1.82) is 0 Å². The maximum atomic E-state index is 5.43. The third-order valence-electron chi connectivity index (χ3n) is 4.62. The summed E-state index contributed by atoms with van der Waals surface area (Å²) in [4.78, 5) is 0. The van der Waals surface area contributed by atoms with Crippen LogP contribution in [0, 0.1) is 11.8 Å². The van der Waals surface area contributed by atoms with E-state index >= 15 is 0 Å². The van der Waals surface area contributed by atoms with Gasteiger partial charge in [-0.25, -0.2) is 0 Å². The summed E-state index contributed by atoms with van der Waals surface area (Å²) in [6.45, 7) is 6.07. The van der Waals surface area contributed by atoms with E-state index in [2.05, 4.69) is 31.3 Å². The van der Waals surface area contributed by atoms with Gasteiger partial charge in [-0.05, 0) is 49.4 Å². The molecule has 1 N–H and O–H groups in total. The molecular weight excluding hydrogens is 238 g/mol. The van der Waals surface area contributed by atoms with Gasteiger partial charge in [0.25, 0.3) is 0 Å². The maximum absolute atomic E-state index is 5.43. The molecule has 1 aliphatic heterocycles. The van der Waals surface area contributed by atoms with Crippen molar-refractivity contribution in [2.45, 2.75) is 39.2 Å². The maximum Gasteiger partial charge on any atom is 0.231 e. The molecule has 1 aromatic rings. The Labute approximate surface area is 115 Å². The number of nitrogens with one attached hydrogen (secondary N) is 1. The Balaban J connectivity index is 1.59. The van der Waals surface area contributed by atoms with Gasteiger partial charge in [0.05, 0.1) is 0 Å². The van der Waals surface area contributed by atoms with E-state index in [1.54, 1.807) is 0 Å². The van der Waals surface area contributed by atoms with Crippen LogP contribution in [0.25, 0.3) is 0 Å². The van der Waals surface area contributed by atoms with Crippen molar-refractivity contribution in [3.05, 3.63) is 23.8 Å². The van der Waals surface area contributed by atoms with E-state index < -0.39 is 0 Å². The molecule has 0 spiro atoms. The van der Waals surface area contributed by atoms with Crippen LogP contribution < -0.4 is 14.8 Å². The monoisotopic (exact) mass is 261 g/mol. The van der Waals surface area contributed by atoms with Crippen LogP contribution in [0.2, 0.25) is 0 Å². The minimum atomic E-state index is 0.347. The molecule has 1 fully saturated rings. The summed E-state index contributed by atoms with van der Waals surface area (Å²) in [5, 5.41) is 3.67. The molecule has 1 heterocycles. The van der Waals surface area contributed by atoms with Gasteiger partial charge in [0, 0.05) is 6.04 Å². The number of hydrogen-bond donors (Lipinski definition) is 1. The highest BCUT2D eigenvalue weighted by Gasteiger charge is 2.23. The first-order valence-corrected chi connectivity index (χ1v) is 7.37. The third-order valence-corrected chi connectivity index (χ3v) is 4.62. The quantitative estimate of drug-likeness (QED) is 0.899. The summed E-state index contributed by atoms with van der Waals surface area (Å²) in [5.41, 5.74) is 1.27. The average Bonchev–Trinajstić information content (AvgIpc) is 3.03. The molecule has 3 rings (SSSR count). The third kappa shape index (κ3) is 2.71. The molecule has 1 saturated carbocycles. The van der Waals surface area contributed by atoms with Crippen LogP contribution in [0.4, 0.5) is 0 Å². The van der Waals surface area contributed by atoms with E-state index in [1.807, 2.05) is 6.07 Å². The van der Waals surface area contributed by atoms with Crippen LogP contribution in [-0.2, 0) is 0 Å². The summed E-state index contributed by atoms with van der Waals surface area (Å²) in [6.07, 6.45) is 4.17. The number of ether oxygens (including phenoxy) is 2. The summed E-state index contributed by atoms with van der Waals surface area (Å²) in [6, 6.07) is 6.59. The summed E-state index contributed by atoms with van der Waals surface area (Å²) in [5.74, 6) is 3.45. The fourth-order valence-corrected chi connectivity index (χ4v) is 3.15. The molecule has 3 heteroatoms. The Morgan fingerprint density at radius 2 is 2.11 bits per heavy atom. The summed E-state index contributed by atoms with van der Waals surface area (Å²) in [7, 11) is 0. The Kier molecular flexibility index (Phi) is 3.65. The van der Waals surface area contributed by atoms with Gasteiger partial charge >= 0.3 is 0 Å². The van der Waals surface area contributed by atoms with Gasteiger partial charge in [-0.2, -0.15) is 0 Å². The molecule has 0 aromatic heterocycles. The van der Waals surface area contributed by atoms with Gasteiger partial charge in [-0.3, -0.25) is 0 Å². The molecule has 3 atom stereocenters. The smallest absolute Gasteiger partial charge is 0.231 e. The van der Waals surface area contributed by atoms with Crippen molar-refractivity contribution >= 4 is 0 Å². The molecule has 0 saturated heterocycles.